The van der Waals surface area contributed by atoms with Gasteiger partial charge in [0, 0.05) is 0 Å². The van der Waals surface area contributed by atoms with Crippen LogP contribution in [0.4, 0.5) is 4.39 Å². The van der Waals surface area contributed by atoms with Crippen LogP contribution in [0.1, 0.15) is 20.3 Å². The Morgan fingerprint density at radius 2 is 2.11 bits per heavy atom. The predicted molar refractivity (Wildman–Crippen MR) is 31.7 cm³/mol. The highest BCUT2D eigenvalue weighted by Crippen LogP contribution is 2.08. The van der Waals surface area contributed by atoms with Crippen LogP contribution in [0.15, 0.2) is 11.4 Å². The first-order valence-electron chi connectivity index (χ1n) is 2.68. The zero-order valence-electron chi connectivity index (χ0n) is 5.44. The molecule has 0 aromatic carbocycles. The Morgan fingerprint density at radius 1 is 1.67 bits per heavy atom. The van der Waals surface area contributed by atoms with Crippen LogP contribution < -0.4 is 0 Å². The van der Waals surface area contributed by atoms with E-state index in [0.717, 1.165) is 0 Å². The monoisotopic (exact) mass is 132 g/mol. The van der Waals surface area contributed by atoms with E-state index in [2.05, 4.69) is 0 Å². The van der Waals surface area contributed by atoms with E-state index in [1.165, 1.54) is 6.92 Å². The Labute approximate surface area is 53.0 Å². The molecule has 0 aliphatic carbocycles. The average molecular weight is 132 g/mol. The standard InChI is InChI=1S/C6H9FO2/c1-3-5(7)4(2)6(8)9/h3H2,1-2H3,(H,8,9)/b5-4-. The fourth-order valence-electron chi connectivity index (χ4n) is 0.381. The minimum absolute atomic E-state index is 0.151. The van der Waals surface area contributed by atoms with Gasteiger partial charge in [-0.15, -0.1) is 0 Å². The van der Waals surface area contributed by atoms with Crippen molar-refractivity contribution in [3.05, 3.63) is 11.4 Å². The van der Waals surface area contributed by atoms with Gasteiger partial charge in [-0.2, -0.15) is 0 Å². The summed E-state index contributed by atoms with van der Waals surface area (Å²) in [6, 6.07) is 0. The van der Waals surface area contributed by atoms with Crippen molar-refractivity contribution in [2.75, 3.05) is 0 Å². The third-order valence-electron chi connectivity index (χ3n) is 1.04. The largest absolute Gasteiger partial charge is 0.478 e. The second-order valence-corrected chi connectivity index (χ2v) is 1.69. The maximum absolute atomic E-state index is 12.3. The first-order chi connectivity index (χ1) is 4.09. The van der Waals surface area contributed by atoms with Crippen molar-refractivity contribution in [1.82, 2.24) is 0 Å². The maximum atomic E-state index is 12.3. The highest BCUT2D eigenvalue weighted by atomic mass is 19.1. The molecule has 0 atom stereocenters. The molecule has 52 valence electrons. The molecular formula is C6H9FO2. The van der Waals surface area contributed by atoms with E-state index in [9.17, 15) is 9.18 Å². The van der Waals surface area contributed by atoms with Crippen molar-refractivity contribution in [3.63, 3.8) is 0 Å². The van der Waals surface area contributed by atoms with Gasteiger partial charge in [-0.1, -0.05) is 6.92 Å². The molecule has 0 unspecified atom stereocenters. The Hall–Kier alpha value is -0.860. The first kappa shape index (κ1) is 8.14. The van der Waals surface area contributed by atoms with Crippen LogP contribution in [0.3, 0.4) is 0 Å². The lowest BCUT2D eigenvalue weighted by atomic mass is 10.2. The number of hydrogen-bond acceptors (Lipinski definition) is 1. The number of carboxylic acids is 1. The molecule has 0 amide bonds. The van der Waals surface area contributed by atoms with Gasteiger partial charge in [0.15, 0.2) is 0 Å². The Kier molecular flexibility index (Phi) is 2.91. The van der Waals surface area contributed by atoms with Crippen LogP contribution in [-0.4, -0.2) is 11.1 Å². The second-order valence-electron chi connectivity index (χ2n) is 1.69. The molecule has 0 bridgehead atoms. The molecule has 0 spiro atoms. The number of carboxylic acid groups (broad SMARTS) is 1. The van der Waals surface area contributed by atoms with E-state index in [1.54, 1.807) is 6.92 Å². The Morgan fingerprint density at radius 3 is 2.22 bits per heavy atom. The lowest BCUT2D eigenvalue weighted by Gasteiger charge is -1.93. The molecule has 0 aromatic heterocycles. The predicted octanol–water partition coefficient (Wildman–Crippen LogP) is 1.72. The number of carbonyl (C=O) groups is 1. The van der Waals surface area contributed by atoms with Crippen molar-refractivity contribution in [2.45, 2.75) is 20.3 Å². The number of hydrogen-bond donors (Lipinski definition) is 1. The molecular weight excluding hydrogens is 123 g/mol. The van der Waals surface area contributed by atoms with Crippen LogP contribution in [-0.2, 0) is 4.79 Å². The van der Waals surface area contributed by atoms with E-state index in [4.69, 9.17) is 5.11 Å². The molecule has 3 heteroatoms. The van der Waals surface area contributed by atoms with Crippen molar-refractivity contribution < 1.29 is 14.3 Å². The zero-order valence-corrected chi connectivity index (χ0v) is 5.44. The van der Waals surface area contributed by atoms with Gasteiger partial charge in [0.1, 0.15) is 5.83 Å². The number of aliphatic carboxylic acids is 1. The van der Waals surface area contributed by atoms with Gasteiger partial charge in [0.25, 0.3) is 0 Å². The minimum atomic E-state index is -1.19. The number of allylic oxidation sites excluding steroid dienone is 1. The third-order valence-corrected chi connectivity index (χ3v) is 1.04. The summed E-state index contributed by atoms with van der Waals surface area (Å²) in [5, 5.41) is 8.19. The molecule has 0 aliphatic heterocycles. The molecule has 0 fully saturated rings. The van der Waals surface area contributed by atoms with Crippen molar-refractivity contribution in [2.24, 2.45) is 0 Å². The molecule has 0 radical (unpaired) electrons. The second kappa shape index (κ2) is 3.22. The maximum Gasteiger partial charge on any atom is 0.333 e. The van der Waals surface area contributed by atoms with Crippen molar-refractivity contribution in [1.29, 1.82) is 0 Å². The topological polar surface area (TPSA) is 37.3 Å². The van der Waals surface area contributed by atoms with Crippen molar-refractivity contribution in [3.8, 4) is 0 Å². The van der Waals surface area contributed by atoms with Crippen LogP contribution in [0.2, 0.25) is 0 Å². The van der Waals surface area contributed by atoms with Crippen LogP contribution in [0.5, 0.6) is 0 Å². The minimum Gasteiger partial charge on any atom is -0.478 e. The fraction of sp³-hybridized carbons (Fsp3) is 0.500. The molecule has 0 aliphatic rings. The lowest BCUT2D eigenvalue weighted by molar-refractivity contribution is -0.132. The van der Waals surface area contributed by atoms with Gasteiger partial charge in [-0.25, -0.2) is 9.18 Å². The molecule has 1 N–H and O–H groups in total. The summed E-state index contributed by atoms with van der Waals surface area (Å²) in [5.41, 5.74) is -0.197. The lowest BCUT2D eigenvalue weighted by Crippen LogP contribution is -1.97. The van der Waals surface area contributed by atoms with Gasteiger partial charge >= 0.3 is 5.97 Å². The summed E-state index contributed by atoms with van der Waals surface area (Å²) in [5.74, 6) is -1.74. The highest BCUT2D eigenvalue weighted by Gasteiger charge is 2.05. The molecule has 0 aromatic rings. The normalized spacial score (nSPS) is 12.8. The summed E-state index contributed by atoms with van der Waals surface area (Å²) >= 11 is 0. The SMILES string of the molecule is CC/C(F)=C(\C)C(=O)O. The zero-order chi connectivity index (χ0) is 7.44. The average Bonchev–Trinajstić information content (AvgIpc) is 1.84. The van der Waals surface area contributed by atoms with Gasteiger partial charge in [0.05, 0.1) is 5.57 Å². The van der Waals surface area contributed by atoms with Gasteiger partial charge in [0.2, 0.25) is 0 Å². The van der Waals surface area contributed by atoms with Gasteiger partial charge < -0.3 is 5.11 Å². The molecule has 2 nitrogen and oxygen atoms in total. The molecule has 0 heterocycles. The third kappa shape index (κ3) is 2.26. The molecule has 9 heavy (non-hydrogen) atoms. The summed E-state index contributed by atoms with van der Waals surface area (Å²) < 4.78 is 12.3. The van der Waals surface area contributed by atoms with E-state index in [0.29, 0.717) is 0 Å². The van der Waals surface area contributed by atoms with E-state index < -0.39 is 11.8 Å². The van der Waals surface area contributed by atoms with E-state index >= 15 is 0 Å². The van der Waals surface area contributed by atoms with Gasteiger partial charge in [-0.3, -0.25) is 0 Å². The van der Waals surface area contributed by atoms with Crippen molar-refractivity contribution >= 4 is 5.97 Å². The van der Waals surface area contributed by atoms with E-state index in [1.807, 2.05) is 0 Å². The molecule has 0 saturated heterocycles. The summed E-state index contributed by atoms with van der Waals surface area (Å²) in [6.45, 7) is 2.82. The first-order valence-corrected chi connectivity index (χ1v) is 2.68. The highest BCUT2D eigenvalue weighted by molar-refractivity contribution is 5.86. The van der Waals surface area contributed by atoms with Crippen LogP contribution in [0.25, 0.3) is 0 Å². The summed E-state index contributed by atoms with van der Waals surface area (Å²) in [4.78, 5) is 10.0. The number of halogens is 1. The van der Waals surface area contributed by atoms with Crippen LogP contribution in [0, 0.1) is 0 Å². The summed E-state index contributed by atoms with van der Waals surface area (Å²) in [6.07, 6.45) is 0.151. The molecule has 0 rings (SSSR count). The quantitative estimate of drug-likeness (QED) is 0.581. The van der Waals surface area contributed by atoms with Crippen LogP contribution >= 0.6 is 0 Å². The Balaban J connectivity index is 4.28. The smallest absolute Gasteiger partial charge is 0.333 e. The number of rotatable bonds is 2. The molecule has 0 saturated carbocycles. The van der Waals surface area contributed by atoms with E-state index in [-0.39, 0.29) is 12.0 Å². The van der Waals surface area contributed by atoms with Gasteiger partial charge in [-0.05, 0) is 13.3 Å². The Bertz CT molecular complexity index is 149. The summed E-state index contributed by atoms with van der Waals surface area (Å²) in [7, 11) is 0. The fourth-order valence-corrected chi connectivity index (χ4v) is 0.381.